The Morgan fingerprint density at radius 2 is 1.19 bits per heavy atom. The summed E-state index contributed by atoms with van der Waals surface area (Å²) in [5.41, 5.74) is 0.309. The first-order chi connectivity index (χ1) is 12.8. The Bertz CT molecular complexity index is 351. The molecule has 154 valence electrons. The lowest BCUT2D eigenvalue weighted by Crippen LogP contribution is -2.62. The van der Waals surface area contributed by atoms with Crippen molar-refractivity contribution < 1.29 is 13.3 Å². The fourth-order valence-electron chi connectivity index (χ4n) is 5.03. The molecular weight excluding hydrogens is 342 g/mol. The fourth-order valence-corrected chi connectivity index (χ4v) is 7.60. The third kappa shape index (κ3) is 6.59. The second-order valence-electron chi connectivity index (χ2n) is 8.32. The molecule has 0 amide bonds. The van der Waals surface area contributed by atoms with E-state index in [0.717, 1.165) is 12.3 Å². The molecule has 2 rings (SSSR count). The van der Waals surface area contributed by atoms with Gasteiger partial charge in [0.05, 0.1) is 5.67 Å². The minimum Gasteiger partial charge on any atom is -0.376 e. The molecule has 0 aromatic carbocycles. The van der Waals surface area contributed by atoms with Gasteiger partial charge in [-0.25, -0.2) is 0 Å². The standard InChI is InChI=1S/C21H43NO3Si/c1-23-26(24-2,25-3)21-16-12-7-5-4-6-8-13-18-22(21)19-17-20-14-10-9-11-15-20/h20-21H,4-19H2,1-3H3. The number of hydrogen-bond acceptors (Lipinski definition) is 4. The fraction of sp³-hybridized carbons (Fsp3) is 1.00. The molecule has 1 saturated heterocycles. The quantitative estimate of drug-likeness (QED) is 0.565. The van der Waals surface area contributed by atoms with Gasteiger partial charge in [0.2, 0.25) is 0 Å². The normalized spacial score (nSPS) is 25.7. The zero-order chi connectivity index (χ0) is 18.7. The van der Waals surface area contributed by atoms with Crippen LogP contribution in [-0.4, -0.2) is 53.8 Å². The Balaban J connectivity index is 2.08. The third-order valence-corrected chi connectivity index (χ3v) is 9.85. The van der Waals surface area contributed by atoms with Crippen molar-refractivity contribution in [2.45, 2.75) is 95.6 Å². The molecule has 0 spiro atoms. The molecule has 26 heavy (non-hydrogen) atoms. The smallest absolute Gasteiger partial charge is 0.376 e. The van der Waals surface area contributed by atoms with Crippen molar-refractivity contribution in [1.29, 1.82) is 0 Å². The topological polar surface area (TPSA) is 30.9 Å². The van der Waals surface area contributed by atoms with Crippen LogP contribution in [0.1, 0.15) is 89.9 Å². The summed E-state index contributed by atoms with van der Waals surface area (Å²) < 4.78 is 17.9. The van der Waals surface area contributed by atoms with Crippen LogP contribution < -0.4 is 0 Å². The van der Waals surface area contributed by atoms with Crippen LogP contribution in [0.4, 0.5) is 0 Å². The van der Waals surface area contributed by atoms with Gasteiger partial charge in [-0.05, 0) is 38.3 Å². The number of nitrogens with zero attached hydrogens (tertiary/aromatic N) is 1. The summed E-state index contributed by atoms with van der Waals surface area (Å²) in [5, 5.41) is 0. The Kier molecular flexibility index (Phi) is 10.7. The van der Waals surface area contributed by atoms with Gasteiger partial charge in [0, 0.05) is 21.3 Å². The molecule has 1 aliphatic heterocycles. The Morgan fingerprint density at radius 1 is 0.692 bits per heavy atom. The van der Waals surface area contributed by atoms with Crippen molar-refractivity contribution in [1.82, 2.24) is 4.90 Å². The summed E-state index contributed by atoms with van der Waals surface area (Å²) in [4.78, 5) is 2.70. The predicted molar refractivity (Wildman–Crippen MR) is 110 cm³/mol. The predicted octanol–water partition coefficient (Wildman–Crippen LogP) is 5.18. The lowest BCUT2D eigenvalue weighted by molar-refractivity contribution is 0.0664. The molecule has 4 nitrogen and oxygen atoms in total. The molecular formula is C21H43NO3Si. The molecule has 1 heterocycles. The van der Waals surface area contributed by atoms with E-state index < -0.39 is 8.80 Å². The van der Waals surface area contributed by atoms with Crippen molar-refractivity contribution >= 4 is 8.80 Å². The summed E-state index contributed by atoms with van der Waals surface area (Å²) in [5.74, 6) is 0.922. The summed E-state index contributed by atoms with van der Waals surface area (Å²) >= 11 is 0. The monoisotopic (exact) mass is 385 g/mol. The van der Waals surface area contributed by atoms with E-state index in [2.05, 4.69) is 4.90 Å². The maximum Gasteiger partial charge on any atom is 0.518 e. The SMILES string of the molecule is CO[Si](OC)(OC)C1CCCCCCCCCN1CCC1CCCCC1. The number of hydrogen-bond donors (Lipinski definition) is 0. The van der Waals surface area contributed by atoms with Gasteiger partial charge in [-0.3, -0.25) is 4.90 Å². The summed E-state index contributed by atoms with van der Waals surface area (Å²) in [7, 11) is 2.69. The molecule has 1 unspecified atom stereocenters. The highest BCUT2D eigenvalue weighted by Gasteiger charge is 2.49. The lowest BCUT2D eigenvalue weighted by atomic mass is 9.87. The van der Waals surface area contributed by atoms with E-state index in [0.29, 0.717) is 5.67 Å². The first-order valence-electron chi connectivity index (χ1n) is 11.1. The summed E-state index contributed by atoms with van der Waals surface area (Å²) in [6.07, 6.45) is 19.0. The van der Waals surface area contributed by atoms with E-state index in [1.807, 2.05) is 0 Å². The van der Waals surface area contributed by atoms with Crippen molar-refractivity contribution in [3.05, 3.63) is 0 Å². The minimum absolute atomic E-state index is 0.309. The molecule has 0 bridgehead atoms. The van der Waals surface area contributed by atoms with Gasteiger partial charge in [-0.1, -0.05) is 70.6 Å². The highest BCUT2D eigenvalue weighted by atomic mass is 28.4. The van der Waals surface area contributed by atoms with E-state index in [1.54, 1.807) is 21.3 Å². The Hall–Kier alpha value is 0.0569. The molecule has 2 fully saturated rings. The molecule has 1 aliphatic carbocycles. The van der Waals surface area contributed by atoms with E-state index in [1.165, 1.54) is 96.6 Å². The Labute approximate surface area is 163 Å². The van der Waals surface area contributed by atoms with Crippen molar-refractivity contribution in [3.8, 4) is 0 Å². The first kappa shape index (κ1) is 22.3. The second kappa shape index (κ2) is 12.5. The molecule has 0 aromatic rings. The molecule has 0 radical (unpaired) electrons. The van der Waals surface area contributed by atoms with Crippen LogP contribution in [0.25, 0.3) is 0 Å². The van der Waals surface area contributed by atoms with Crippen LogP contribution in [0.5, 0.6) is 0 Å². The zero-order valence-corrected chi connectivity index (χ0v) is 18.6. The average Bonchev–Trinajstić information content (AvgIpc) is 2.75. The molecule has 0 aromatic heterocycles. The molecule has 5 heteroatoms. The third-order valence-electron chi connectivity index (χ3n) is 6.67. The van der Waals surface area contributed by atoms with Gasteiger partial charge in [0.15, 0.2) is 0 Å². The van der Waals surface area contributed by atoms with Crippen LogP contribution in [0, 0.1) is 5.92 Å². The largest absolute Gasteiger partial charge is 0.518 e. The molecule has 2 aliphatic rings. The van der Waals surface area contributed by atoms with E-state index in [9.17, 15) is 0 Å². The zero-order valence-electron chi connectivity index (χ0n) is 17.6. The van der Waals surface area contributed by atoms with Crippen LogP contribution in [0.3, 0.4) is 0 Å². The van der Waals surface area contributed by atoms with Crippen LogP contribution in [0.2, 0.25) is 0 Å². The van der Waals surface area contributed by atoms with Gasteiger partial charge >= 0.3 is 8.80 Å². The summed E-state index contributed by atoms with van der Waals surface area (Å²) in [6, 6.07) is 0. The van der Waals surface area contributed by atoms with Gasteiger partial charge in [-0.15, -0.1) is 0 Å². The van der Waals surface area contributed by atoms with E-state index >= 15 is 0 Å². The molecule has 1 saturated carbocycles. The summed E-state index contributed by atoms with van der Waals surface area (Å²) in [6.45, 7) is 2.35. The van der Waals surface area contributed by atoms with Crippen molar-refractivity contribution in [3.63, 3.8) is 0 Å². The van der Waals surface area contributed by atoms with Gasteiger partial charge in [0.1, 0.15) is 0 Å². The molecule has 0 N–H and O–H groups in total. The van der Waals surface area contributed by atoms with Gasteiger partial charge in [0.25, 0.3) is 0 Å². The van der Waals surface area contributed by atoms with E-state index in [4.69, 9.17) is 13.3 Å². The van der Waals surface area contributed by atoms with Gasteiger partial charge in [-0.2, -0.15) is 0 Å². The highest BCUT2D eigenvalue weighted by Crippen LogP contribution is 2.29. The first-order valence-corrected chi connectivity index (χ1v) is 13.0. The van der Waals surface area contributed by atoms with Crippen molar-refractivity contribution in [2.24, 2.45) is 5.92 Å². The average molecular weight is 386 g/mol. The van der Waals surface area contributed by atoms with Crippen LogP contribution in [-0.2, 0) is 13.3 Å². The Morgan fingerprint density at radius 3 is 1.81 bits per heavy atom. The lowest BCUT2D eigenvalue weighted by Gasteiger charge is -2.40. The molecule has 1 atom stereocenters. The van der Waals surface area contributed by atoms with Crippen LogP contribution >= 0.6 is 0 Å². The second-order valence-corrected chi connectivity index (χ2v) is 11.4. The van der Waals surface area contributed by atoms with Crippen LogP contribution in [0.15, 0.2) is 0 Å². The number of rotatable bonds is 7. The minimum atomic E-state index is -2.65. The maximum absolute atomic E-state index is 5.95. The highest BCUT2D eigenvalue weighted by molar-refractivity contribution is 6.62. The van der Waals surface area contributed by atoms with Gasteiger partial charge < -0.3 is 13.3 Å². The maximum atomic E-state index is 5.95. The van der Waals surface area contributed by atoms with E-state index in [-0.39, 0.29) is 0 Å². The van der Waals surface area contributed by atoms with Crippen molar-refractivity contribution in [2.75, 3.05) is 34.4 Å².